The number of carboxylic acids is 1. The first-order chi connectivity index (χ1) is 5.58. The third-order valence-electron chi connectivity index (χ3n) is 0.726. The molecule has 4 nitrogen and oxygen atoms in total. The minimum atomic E-state index is -6.13. The fourth-order valence-electron chi connectivity index (χ4n) is 0.218. The summed E-state index contributed by atoms with van der Waals surface area (Å²) >= 11 is 0. The number of hydrogen-bond donors (Lipinski definition) is 1. The van der Waals surface area contributed by atoms with E-state index in [2.05, 4.69) is 4.74 Å². The first kappa shape index (κ1) is 11.6. The lowest BCUT2D eigenvalue weighted by Gasteiger charge is -2.17. The van der Waals surface area contributed by atoms with Crippen molar-refractivity contribution >= 4 is 11.9 Å². The van der Waals surface area contributed by atoms with Crippen LogP contribution in [-0.4, -0.2) is 29.3 Å². The van der Waals surface area contributed by atoms with Crippen LogP contribution in [-0.2, 0) is 14.3 Å². The highest BCUT2D eigenvalue weighted by Gasteiger charge is 2.62. The van der Waals surface area contributed by atoms with Gasteiger partial charge in [0, 0.05) is 0 Å². The first-order valence-electron chi connectivity index (χ1n) is 2.49. The van der Waals surface area contributed by atoms with Gasteiger partial charge < -0.3 is 9.84 Å². The molecule has 9 heteroatoms. The summed E-state index contributed by atoms with van der Waals surface area (Å²) in [7, 11) is 0. The molecule has 0 heterocycles. The second-order valence-corrected chi connectivity index (χ2v) is 1.71. The molecule has 0 aliphatic rings. The molecule has 0 aromatic carbocycles. The van der Waals surface area contributed by atoms with Crippen molar-refractivity contribution in [1.29, 1.82) is 0 Å². The zero-order chi connectivity index (χ0) is 10.9. The average molecular weight is 208 g/mol. The number of alkyl halides is 5. The second-order valence-electron chi connectivity index (χ2n) is 1.71. The van der Waals surface area contributed by atoms with Crippen molar-refractivity contribution in [2.24, 2.45) is 0 Å². The van der Waals surface area contributed by atoms with E-state index in [0.29, 0.717) is 0 Å². The quantitative estimate of drug-likeness (QED) is 0.392. The molecule has 0 aliphatic carbocycles. The lowest BCUT2D eigenvalue weighted by molar-refractivity contribution is -0.375. The molecular weight excluding hydrogens is 207 g/mol. The van der Waals surface area contributed by atoms with Crippen molar-refractivity contribution in [3.63, 3.8) is 0 Å². The van der Waals surface area contributed by atoms with Gasteiger partial charge in [-0.05, 0) is 0 Å². The number of carbonyl (C=O) groups is 2. The Labute approximate surface area is 66.9 Å². The Morgan fingerprint density at radius 3 is 1.69 bits per heavy atom. The summed E-state index contributed by atoms with van der Waals surface area (Å²) in [6.45, 7) is 0. The third-order valence-corrected chi connectivity index (χ3v) is 0.726. The van der Waals surface area contributed by atoms with Gasteiger partial charge in [0.2, 0.25) is 0 Å². The summed E-state index contributed by atoms with van der Waals surface area (Å²) < 4.78 is 59.5. The molecule has 76 valence electrons. The van der Waals surface area contributed by atoms with E-state index in [1.54, 1.807) is 0 Å². The predicted molar refractivity (Wildman–Crippen MR) is 24.7 cm³/mol. The van der Waals surface area contributed by atoms with E-state index in [0.717, 1.165) is 0 Å². The highest BCUT2D eigenvalue weighted by Crippen LogP contribution is 2.36. The van der Waals surface area contributed by atoms with E-state index in [-0.39, 0.29) is 0 Å². The van der Waals surface area contributed by atoms with Crippen LogP contribution in [0.2, 0.25) is 0 Å². The summed E-state index contributed by atoms with van der Waals surface area (Å²) in [5.41, 5.74) is 0. The minimum Gasteiger partial charge on any atom is -0.473 e. The highest BCUT2D eigenvalue weighted by atomic mass is 19.4. The maximum absolute atomic E-state index is 11.7. The lowest BCUT2D eigenvalue weighted by Crippen LogP contribution is -2.42. The number of hydrogen-bond acceptors (Lipinski definition) is 3. The van der Waals surface area contributed by atoms with E-state index < -0.39 is 24.2 Å². The molecule has 0 bridgehead atoms. The molecule has 0 fully saturated rings. The maximum Gasteiger partial charge on any atom is 0.501 e. The van der Waals surface area contributed by atoms with Gasteiger partial charge in [0.15, 0.2) is 0 Å². The Balaban J connectivity index is 4.53. The molecule has 0 rings (SSSR count). The molecule has 0 aliphatic heterocycles. The van der Waals surface area contributed by atoms with Crippen molar-refractivity contribution in [2.45, 2.75) is 12.3 Å². The molecule has 0 aromatic rings. The zero-order valence-corrected chi connectivity index (χ0v) is 5.56. The van der Waals surface area contributed by atoms with Crippen LogP contribution in [0, 0.1) is 0 Å². The Morgan fingerprint density at radius 2 is 1.46 bits per heavy atom. The van der Waals surface area contributed by atoms with Crippen LogP contribution in [0.1, 0.15) is 0 Å². The molecule has 0 atom stereocenters. The van der Waals surface area contributed by atoms with Crippen LogP contribution in [0.25, 0.3) is 0 Å². The zero-order valence-electron chi connectivity index (χ0n) is 5.56. The molecule has 0 unspecified atom stereocenters. The Hall–Kier alpha value is -1.41. The molecule has 0 saturated heterocycles. The monoisotopic (exact) mass is 208 g/mol. The number of rotatable bonds is 1. The fourth-order valence-corrected chi connectivity index (χ4v) is 0.218. The lowest BCUT2D eigenvalue weighted by atomic mass is 10.6. The molecule has 0 spiro atoms. The van der Waals surface area contributed by atoms with Crippen molar-refractivity contribution in [1.82, 2.24) is 0 Å². The van der Waals surface area contributed by atoms with Gasteiger partial charge >= 0.3 is 24.2 Å². The number of carboxylic acid groups (broad SMARTS) is 1. The summed E-state index contributed by atoms with van der Waals surface area (Å²) in [6.07, 6.45) is -11.9. The van der Waals surface area contributed by atoms with Gasteiger partial charge in [-0.3, -0.25) is 0 Å². The van der Waals surface area contributed by atoms with Crippen LogP contribution in [0.4, 0.5) is 22.0 Å². The van der Waals surface area contributed by atoms with Crippen molar-refractivity contribution in [3.8, 4) is 0 Å². The molecule has 0 radical (unpaired) electrons. The van der Waals surface area contributed by atoms with Gasteiger partial charge in [0.25, 0.3) is 0 Å². The number of esters is 1. The summed E-state index contributed by atoms with van der Waals surface area (Å²) in [5.74, 6) is -5.22. The number of ether oxygens (including phenoxy) is 1. The van der Waals surface area contributed by atoms with Gasteiger partial charge in [0.1, 0.15) is 0 Å². The Bertz CT molecular complexity index is 231. The molecule has 13 heavy (non-hydrogen) atoms. The third kappa shape index (κ3) is 2.84. The average Bonchev–Trinajstić information content (AvgIpc) is 1.83. The van der Waals surface area contributed by atoms with E-state index in [4.69, 9.17) is 5.11 Å². The van der Waals surface area contributed by atoms with E-state index >= 15 is 0 Å². The van der Waals surface area contributed by atoms with Gasteiger partial charge in [0.05, 0.1) is 0 Å². The maximum atomic E-state index is 11.7. The molecular formula is C4HF5O4. The standard InChI is InChI=1S/C4HF5O4/c5-3(6,7)4(8,9)13-2(12)1(10)11/h(H,10,11). The largest absolute Gasteiger partial charge is 0.501 e. The SMILES string of the molecule is O=C(O)C(=O)OC(F)(F)C(F)(F)F. The van der Waals surface area contributed by atoms with Crippen molar-refractivity contribution in [2.75, 3.05) is 0 Å². The predicted octanol–water partition coefficient (Wildman–Crippen LogP) is 0.769. The topological polar surface area (TPSA) is 63.6 Å². The van der Waals surface area contributed by atoms with Gasteiger partial charge in [-0.2, -0.15) is 22.0 Å². The minimum absolute atomic E-state index is 2.37. The van der Waals surface area contributed by atoms with E-state index in [1.165, 1.54) is 0 Å². The van der Waals surface area contributed by atoms with Crippen LogP contribution < -0.4 is 0 Å². The molecule has 1 N–H and O–H groups in total. The number of halogens is 5. The molecule has 0 saturated carbocycles. The van der Waals surface area contributed by atoms with Crippen molar-refractivity contribution in [3.05, 3.63) is 0 Å². The summed E-state index contributed by atoms with van der Waals surface area (Å²) in [6, 6.07) is 0. The summed E-state index contributed by atoms with van der Waals surface area (Å²) in [5, 5.41) is 7.64. The fraction of sp³-hybridized carbons (Fsp3) is 0.500. The van der Waals surface area contributed by atoms with Crippen molar-refractivity contribution < 1.29 is 41.4 Å². The molecule has 0 amide bonds. The van der Waals surface area contributed by atoms with Crippen LogP contribution >= 0.6 is 0 Å². The van der Waals surface area contributed by atoms with Gasteiger partial charge in [-0.1, -0.05) is 0 Å². The van der Waals surface area contributed by atoms with E-state index in [9.17, 15) is 31.5 Å². The Kier molecular flexibility index (Phi) is 2.81. The smallest absolute Gasteiger partial charge is 0.473 e. The van der Waals surface area contributed by atoms with Gasteiger partial charge in [-0.15, -0.1) is 0 Å². The normalized spacial score (nSPS) is 12.4. The van der Waals surface area contributed by atoms with Crippen LogP contribution in [0.5, 0.6) is 0 Å². The van der Waals surface area contributed by atoms with Crippen LogP contribution in [0.15, 0.2) is 0 Å². The van der Waals surface area contributed by atoms with E-state index in [1.807, 2.05) is 0 Å². The Morgan fingerprint density at radius 1 is 1.08 bits per heavy atom. The number of carbonyl (C=O) groups excluding carboxylic acids is 1. The summed E-state index contributed by atoms with van der Waals surface area (Å²) in [4.78, 5) is 19.3. The first-order valence-corrected chi connectivity index (χ1v) is 2.49. The highest BCUT2D eigenvalue weighted by molar-refractivity contribution is 6.28. The second kappa shape index (κ2) is 3.15. The molecule has 0 aromatic heterocycles. The van der Waals surface area contributed by atoms with Crippen LogP contribution in [0.3, 0.4) is 0 Å². The number of aliphatic carboxylic acids is 1. The van der Waals surface area contributed by atoms with Gasteiger partial charge in [-0.25, -0.2) is 9.59 Å².